The maximum atomic E-state index is 3.61. The molecule has 0 atom stereocenters. The summed E-state index contributed by atoms with van der Waals surface area (Å²) < 4.78 is 4.36. The van der Waals surface area contributed by atoms with Crippen LogP contribution in [0.5, 0.6) is 0 Å². The van der Waals surface area contributed by atoms with Crippen LogP contribution in [0, 0.1) is 0 Å². The predicted octanol–water partition coefficient (Wildman–Crippen LogP) is 7.09. The third-order valence-electron chi connectivity index (χ3n) is 5.11. The molecule has 0 aliphatic rings. The molecular weight excluding hydrogens is 639 g/mol. The van der Waals surface area contributed by atoms with Crippen molar-refractivity contribution < 1.29 is 0 Å². The normalized spacial score (nSPS) is 12.0. The molecule has 0 amide bonds. The molecule has 0 nitrogen and oxygen atoms in total. The molecule has 0 saturated carbocycles. The van der Waals surface area contributed by atoms with Gasteiger partial charge in [0, 0.05) is 0 Å². The Morgan fingerprint density at radius 1 is 0.310 bits per heavy atom. The zero-order valence-corrected chi connectivity index (χ0v) is 22.6. The first-order valence-electron chi connectivity index (χ1n) is 9.04. The molecule has 0 spiro atoms. The van der Waals surface area contributed by atoms with Crippen molar-refractivity contribution in [1.29, 1.82) is 0 Å². The predicted molar refractivity (Wildman–Crippen MR) is 143 cm³/mol. The van der Waals surface area contributed by atoms with E-state index < -0.39 is 7.26 Å². The van der Waals surface area contributed by atoms with Crippen LogP contribution in [0.4, 0.5) is 0 Å². The first-order chi connectivity index (χ1) is 14.0. The Morgan fingerprint density at radius 2 is 0.483 bits per heavy atom. The first-order valence-corrected chi connectivity index (χ1v) is 14.2. The van der Waals surface area contributed by atoms with Crippen LogP contribution in [0.2, 0.25) is 0 Å². The minimum atomic E-state index is -2.48. The van der Waals surface area contributed by atoms with E-state index in [1.54, 1.807) is 0 Å². The SMILES string of the molecule is Brc1ccc([PH](c2ccc(Br)cc2)(c2ccc(Br)cc2)c2ccc(Br)cc2)cc1. The van der Waals surface area contributed by atoms with E-state index in [0.29, 0.717) is 0 Å². The molecule has 0 heterocycles. The summed E-state index contributed by atoms with van der Waals surface area (Å²) in [5, 5.41) is 5.42. The van der Waals surface area contributed by atoms with Gasteiger partial charge in [-0.1, -0.05) is 0 Å². The molecule has 4 rings (SSSR count). The summed E-state index contributed by atoms with van der Waals surface area (Å²) >= 11 is 14.4. The Hall–Kier alpha value is -0.770. The van der Waals surface area contributed by atoms with Crippen LogP contribution in [-0.4, -0.2) is 0 Å². The Labute approximate surface area is 205 Å². The van der Waals surface area contributed by atoms with Gasteiger partial charge in [-0.2, -0.15) is 0 Å². The average Bonchev–Trinajstić information content (AvgIpc) is 2.73. The summed E-state index contributed by atoms with van der Waals surface area (Å²) in [5.41, 5.74) is 0. The Morgan fingerprint density at radius 3 is 0.655 bits per heavy atom. The molecule has 5 heteroatoms. The molecule has 0 unspecified atom stereocenters. The average molecular weight is 656 g/mol. The van der Waals surface area contributed by atoms with Crippen molar-refractivity contribution in [2.75, 3.05) is 0 Å². The van der Waals surface area contributed by atoms with Crippen LogP contribution in [0.25, 0.3) is 0 Å². The number of benzene rings is 4. The maximum absolute atomic E-state index is 3.61. The molecule has 0 radical (unpaired) electrons. The van der Waals surface area contributed by atoms with Crippen LogP contribution in [-0.2, 0) is 0 Å². The summed E-state index contributed by atoms with van der Waals surface area (Å²) in [6.45, 7) is 0. The Kier molecular flexibility index (Phi) is 6.78. The van der Waals surface area contributed by atoms with E-state index in [2.05, 4.69) is 161 Å². The molecule has 29 heavy (non-hydrogen) atoms. The van der Waals surface area contributed by atoms with Gasteiger partial charge in [-0.3, -0.25) is 0 Å². The monoisotopic (exact) mass is 652 g/mol. The van der Waals surface area contributed by atoms with Crippen LogP contribution in [0.15, 0.2) is 115 Å². The van der Waals surface area contributed by atoms with Crippen molar-refractivity contribution >= 4 is 92.2 Å². The Balaban J connectivity index is 2.11. The summed E-state index contributed by atoms with van der Waals surface area (Å²) in [6, 6.07) is 35.3. The number of halogens is 4. The van der Waals surface area contributed by atoms with E-state index in [1.807, 2.05) is 0 Å². The molecule has 0 saturated heterocycles. The third kappa shape index (κ3) is 4.34. The van der Waals surface area contributed by atoms with Gasteiger partial charge in [-0.25, -0.2) is 0 Å². The van der Waals surface area contributed by atoms with Gasteiger partial charge in [0.05, 0.1) is 0 Å². The fourth-order valence-corrected chi connectivity index (χ4v) is 9.52. The van der Waals surface area contributed by atoms with Crippen LogP contribution >= 0.6 is 71.0 Å². The van der Waals surface area contributed by atoms with Gasteiger partial charge in [0.25, 0.3) is 0 Å². The van der Waals surface area contributed by atoms with Crippen molar-refractivity contribution in [1.82, 2.24) is 0 Å². The van der Waals surface area contributed by atoms with Gasteiger partial charge in [-0.05, 0) is 0 Å². The summed E-state index contributed by atoms with van der Waals surface area (Å²) in [6.07, 6.45) is 0. The van der Waals surface area contributed by atoms with Crippen molar-refractivity contribution in [3.05, 3.63) is 115 Å². The molecule has 4 aromatic carbocycles. The van der Waals surface area contributed by atoms with Crippen molar-refractivity contribution in [3.63, 3.8) is 0 Å². The topological polar surface area (TPSA) is 0 Å². The second-order valence-electron chi connectivity index (χ2n) is 6.78. The number of hydrogen-bond donors (Lipinski definition) is 0. The van der Waals surface area contributed by atoms with E-state index in [1.165, 1.54) is 21.2 Å². The number of rotatable bonds is 4. The zero-order chi connectivity index (χ0) is 20.4. The standard InChI is InChI=1S/C24H17Br4P/c25-17-1-9-21(10-2-17)29(22-11-3-18(26)4-12-22,23-13-5-19(27)6-14-23)24-15-7-20(28)8-16-24/h1-16,29H. The first kappa shape index (κ1) is 21.5. The molecule has 146 valence electrons. The van der Waals surface area contributed by atoms with E-state index in [-0.39, 0.29) is 0 Å². The van der Waals surface area contributed by atoms with Gasteiger partial charge < -0.3 is 0 Å². The van der Waals surface area contributed by atoms with Crippen molar-refractivity contribution in [2.45, 2.75) is 0 Å². The number of hydrogen-bond acceptors (Lipinski definition) is 0. The van der Waals surface area contributed by atoms with E-state index >= 15 is 0 Å². The molecule has 4 aromatic rings. The van der Waals surface area contributed by atoms with E-state index in [4.69, 9.17) is 0 Å². The molecule has 0 aromatic heterocycles. The van der Waals surface area contributed by atoms with Gasteiger partial charge in [0.15, 0.2) is 0 Å². The van der Waals surface area contributed by atoms with Crippen LogP contribution < -0.4 is 21.2 Å². The van der Waals surface area contributed by atoms with Gasteiger partial charge in [-0.15, -0.1) is 0 Å². The van der Waals surface area contributed by atoms with E-state index in [9.17, 15) is 0 Å². The van der Waals surface area contributed by atoms with Gasteiger partial charge in [0.1, 0.15) is 0 Å². The second-order valence-corrected chi connectivity index (χ2v) is 14.2. The molecular formula is C24H17Br4P. The van der Waals surface area contributed by atoms with Gasteiger partial charge >= 0.3 is 207 Å². The Bertz CT molecular complexity index is 916. The van der Waals surface area contributed by atoms with E-state index in [0.717, 1.165) is 17.9 Å². The molecule has 0 aliphatic carbocycles. The molecule has 0 bridgehead atoms. The van der Waals surface area contributed by atoms with Crippen molar-refractivity contribution in [3.8, 4) is 0 Å². The fraction of sp³-hybridized carbons (Fsp3) is 0. The summed E-state index contributed by atoms with van der Waals surface area (Å²) in [4.78, 5) is 0. The fourth-order valence-electron chi connectivity index (χ4n) is 3.80. The summed E-state index contributed by atoms with van der Waals surface area (Å²) in [5.74, 6) is 0. The minimum absolute atomic E-state index is 1.09. The third-order valence-corrected chi connectivity index (χ3v) is 12.0. The van der Waals surface area contributed by atoms with Gasteiger partial charge in [0.2, 0.25) is 0 Å². The van der Waals surface area contributed by atoms with Crippen molar-refractivity contribution in [2.24, 2.45) is 0 Å². The molecule has 0 N–H and O–H groups in total. The molecule has 0 fully saturated rings. The quantitative estimate of drug-likeness (QED) is 0.206. The second kappa shape index (κ2) is 9.16. The molecule has 0 aliphatic heterocycles. The van der Waals surface area contributed by atoms with Crippen LogP contribution in [0.3, 0.4) is 0 Å². The summed E-state index contributed by atoms with van der Waals surface area (Å²) in [7, 11) is -2.48. The van der Waals surface area contributed by atoms with Crippen LogP contribution in [0.1, 0.15) is 0 Å². The zero-order valence-electron chi connectivity index (χ0n) is 15.2.